The maximum atomic E-state index is 12.1. The van der Waals surface area contributed by atoms with E-state index in [9.17, 15) is 9.90 Å². The Morgan fingerprint density at radius 3 is 2.83 bits per heavy atom. The molecule has 2 heterocycles. The van der Waals surface area contributed by atoms with E-state index in [1.807, 2.05) is 18.2 Å². The first-order valence-electron chi connectivity index (χ1n) is 7.35. The number of aliphatic hydroxyl groups is 1. The Kier molecular flexibility index (Phi) is 3.92. The van der Waals surface area contributed by atoms with E-state index >= 15 is 0 Å². The van der Waals surface area contributed by atoms with Gasteiger partial charge >= 0.3 is 0 Å². The van der Waals surface area contributed by atoms with Crippen LogP contribution in [0.25, 0.3) is 11.0 Å². The molecule has 1 aromatic carbocycles. The summed E-state index contributed by atoms with van der Waals surface area (Å²) < 4.78 is 10.6. The van der Waals surface area contributed by atoms with E-state index in [4.69, 9.17) is 8.94 Å². The second-order valence-corrected chi connectivity index (χ2v) is 5.76. The standard InChI is InChI=1S/C17H18N2O4/c1-11-7-8-15(22-11)17(2,21)10-18-16(20)9-13-12-5-3-4-6-14(12)23-19-13/h3-8,21H,9-10H2,1-2H3,(H,18,20). The SMILES string of the molecule is Cc1ccc(C(C)(O)CNC(=O)Cc2noc3ccccc23)o1. The lowest BCUT2D eigenvalue weighted by molar-refractivity contribution is -0.121. The summed E-state index contributed by atoms with van der Waals surface area (Å²) in [6.07, 6.45) is 0.0876. The van der Waals surface area contributed by atoms with Crippen LogP contribution in [0.15, 0.2) is 45.3 Å². The molecule has 2 aromatic heterocycles. The fourth-order valence-electron chi connectivity index (χ4n) is 2.36. The van der Waals surface area contributed by atoms with Crippen LogP contribution in [0.4, 0.5) is 0 Å². The number of carbonyl (C=O) groups excluding carboxylic acids is 1. The van der Waals surface area contributed by atoms with Gasteiger partial charge in [0.2, 0.25) is 5.91 Å². The molecule has 0 spiro atoms. The summed E-state index contributed by atoms with van der Waals surface area (Å²) in [5.74, 6) is 0.885. The summed E-state index contributed by atoms with van der Waals surface area (Å²) >= 11 is 0. The first-order valence-corrected chi connectivity index (χ1v) is 7.35. The number of aromatic nitrogens is 1. The van der Waals surface area contributed by atoms with Crippen LogP contribution in [0, 0.1) is 6.92 Å². The monoisotopic (exact) mass is 314 g/mol. The van der Waals surface area contributed by atoms with Crippen molar-refractivity contribution in [1.29, 1.82) is 0 Å². The molecule has 1 atom stereocenters. The van der Waals surface area contributed by atoms with E-state index < -0.39 is 5.60 Å². The minimum Gasteiger partial charge on any atom is -0.463 e. The molecule has 0 saturated heterocycles. The lowest BCUT2D eigenvalue weighted by Crippen LogP contribution is -2.39. The topological polar surface area (TPSA) is 88.5 Å². The van der Waals surface area contributed by atoms with Gasteiger partial charge in [0.05, 0.1) is 13.0 Å². The summed E-state index contributed by atoms with van der Waals surface area (Å²) in [5.41, 5.74) is -0.0459. The van der Waals surface area contributed by atoms with Crippen LogP contribution < -0.4 is 5.32 Å². The van der Waals surface area contributed by atoms with Gasteiger partial charge in [-0.3, -0.25) is 4.79 Å². The van der Waals surface area contributed by atoms with Gasteiger partial charge in [-0.25, -0.2) is 0 Å². The molecule has 0 saturated carbocycles. The molecule has 0 aliphatic carbocycles. The highest BCUT2D eigenvalue weighted by molar-refractivity contribution is 5.86. The summed E-state index contributed by atoms with van der Waals surface area (Å²) in [5, 5.41) is 17.8. The number of hydrogen-bond acceptors (Lipinski definition) is 5. The van der Waals surface area contributed by atoms with Crippen LogP contribution in [-0.2, 0) is 16.8 Å². The maximum absolute atomic E-state index is 12.1. The highest BCUT2D eigenvalue weighted by Gasteiger charge is 2.27. The quantitative estimate of drug-likeness (QED) is 0.754. The number of furan rings is 1. The Balaban J connectivity index is 1.63. The third-order valence-electron chi connectivity index (χ3n) is 3.68. The van der Waals surface area contributed by atoms with Crippen LogP contribution in [0.1, 0.15) is 24.1 Å². The second kappa shape index (κ2) is 5.89. The predicted molar refractivity (Wildman–Crippen MR) is 83.7 cm³/mol. The highest BCUT2D eigenvalue weighted by Crippen LogP contribution is 2.22. The predicted octanol–water partition coefficient (Wildman–Crippen LogP) is 2.30. The fraction of sp³-hybridized carbons (Fsp3) is 0.294. The first-order chi connectivity index (χ1) is 11.0. The molecule has 0 aliphatic heterocycles. The number of hydrogen-bond donors (Lipinski definition) is 2. The van der Waals surface area contributed by atoms with Crippen LogP contribution in [-0.4, -0.2) is 22.7 Å². The smallest absolute Gasteiger partial charge is 0.226 e. The van der Waals surface area contributed by atoms with Crippen LogP contribution in [0.3, 0.4) is 0 Å². The maximum Gasteiger partial charge on any atom is 0.226 e. The van der Waals surface area contributed by atoms with Gasteiger partial charge in [-0.1, -0.05) is 17.3 Å². The Morgan fingerprint density at radius 2 is 2.09 bits per heavy atom. The number of fused-ring (bicyclic) bond motifs is 1. The zero-order valence-electron chi connectivity index (χ0n) is 13.0. The number of para-hydroxylation sites is 1. The largest absolute Gasteiger partial charge is 0.463 e. The second-order valence-electron chi connectivity index (χ2n) is 5.76. The zero-order chi connectivity index (χ0) is 16.4. The number of benzene rings is 1. The van der Waals surface area contributed by atoms with Gasteiger partial charge in [-0.2, -0.15) is 0 Å². The summed E-state index contributed by atoms with van der Waals surface area (Å²) in [6, 6.07) is 10.8. The number of rotatable bonds is 5. The Bertz CT molecular complexity index is 832. The van der Waals surface area contributed by atoms with Gasteiger partial charge in [0.15, 0.2) is 5.58 Å². The fourth-order valence-corrected chi connectivity index (χ4v) is 2.36. The van der Waals surface area contributed by atoms with Crippen molar-refractivity contribution >= 4 is 16.9 Å². The van der Waals surface area contributed by atoms with Crippen LogP contribution >= 0.6 is 0 Å². The lowest BCUT2D eigenvalue weighted by Gasteiger charge is -2.21. The Morgan fingerprint density at radius 1 is 1.30 bits per heavy atom. The molecule has 1 amide bonds. The van der Waals surface area contributed by atoms with Crippen molar-refractivity contribution in [2.75, 3.05) is 6.54 Å². The van der Waals surface area contributed by atoms with Crippen molar-refractivity contribution in [2.45, 2.75) is 25.9 Å². The molecule has 2 N–H and O–H groups in total. The molecule has 120 valence electrons. The van der Waals surface area contributed by atoms with E-state index in [-0.39, 0.29) is 18.9 Å². The van der Waals surface area contributed by atoms with Gasteiger partial charge in [-0.05, 0) is 38.1 Å². The van der Waals surface area contributed by atoms with E-state index in [0.29, 0.717) is 22.8 Å². The molecule has 0 radical (unpaired) electrons. The van der Waals surface area contributed by atoms with E-state index in [0.717, 1.165) is 5.39 Å². The van der Waals surface area contributed by atoms with Crippen molar-refractivity contribution < 1.29 is 18.8 Å². The first kappa shape index (κ1) is 15.3. The van der Waals surface area contributed by atoms with Gasteiger partial charge in [0, 0.05) is 5.39 Å². The molecule has 0 aliphatic rings. The number of aryl methyl sites for hydroxylation is 1. The average Bonchev–Trinajstić information content (AvgIpc) is 3.13. The molecule has 0 fully saturated rings. The van der Waals surface area contributed by atoms with Gasteiger partial charge in [0.1, 0.15) is 22.8 Å². The van der Waals surface area contributed by atoms with E-state index in [1.165, 1.54) is 0 Å². The number of carbonyl (C=O) groups is 1. The average molecular weight is 314 g/mol. The number of amides is 1. The third kappa shape index (κ3) is 3.27. The minimum absolute atomic E-state index is 0.0502. The van der Waals surface area contributed by atoms with Crippen LogP contribution in [0.2, 0.25) is 0 Å². The third-order valence-corrected chi connectivity index (χ3v) is 3.68. The normalized spacial score (nSPS) is 13.9. The molecule has 3 aromatic rings. The van der Waals surface area contributed by atoms with Gasteiger partial charge in [-0.15, -0.1) is 0 Å². The molecule has 6 heteroatoms. The molecule has 6 nitrogen and oxygen atoms in total. The highest BCUT2D eigenvalue weighted by atomic mass is 16.5. The molecular weight excluding hydrogens is 296 g/mol. The Hall–Kier alpha value is -2.60. The summed E-state index contributed by atoms with van der Waals surface area (Å²) in [4.78, 5) is 12.1. The molecule has 3 rings (SSSR count). The van der Waals surface area contributed by atoms with Gasteiger partial charge in [0.25, 0.3) is 0 Å². The molecule has 23 heavy (non-hydrogen) atoms. The van der Waals surface area contributed by atoms with Crippen molar-refractivity contribution in [3.05, 3.63) is 53.6 Å². The van der Waals surface area contributed by atoms with Crippen molar-refractivity contribution in [3.63, 3.8) is 0 Å². The Labute approximate surface area is 133 Å². The van der Waals surface area contributed by atoms with Crippen molar-refractivity contribution in [1.82, 2.24) is 10.5 Å². The van der Waals surface area contributed by atoms with Gasteiger partial charge < -0.3 is 19.4 Å². The van der Waals surface area contributed by atoms with Crippen LogP contribution in [0.5, 0.6) is 0 Å². The molecule has 1 unspecified atom stereocenters. The van der Waals surface area contributed by atoms with E-state index in [1.54, 1.807) is 32.0 Å². The summed E-state index contributed by atoms with van der Waals surface area (Å²) in [6.45, 7) is 3.44. The number of nitrogens with zero attached hydrogens (tertiary/aromatic N) is 1. The van der Waals surface area contributed by atoms with Crippen molar-refractivity contribution in [3.8, 4) is 0 Å². The molecular formula is C17H18N2O4. The van der Waals surface area contributed by atoms with E-state index in [2.05, 4.69) is 10.5 Å². The van der Waals surface area contributed by atoms with Crippen molar-refractivity contribution in [2.24, 2.45) is 0 Å². The molecule has 0 bridgehead atoms. The minimum atomic E-state index is -1.27. The summed E-state index contributed by atoms with van der Waals surface area (Å²) in [7, 11) is 0. The number of nitrogens with one attached hydrogen (secondary N) is 1. The zero-order valence-corrected chi connectivity index (χ0v) is 13.0. The lowest BCUT2D eigenvalue weighted by atomic mass is 10.0.